The lowest BCUT2D eigenvalue weighted by molar-refractivity contribution is -0.170. The van der Waals surface area contributed by atoms with Gasteiger partial charge in [0.1, 0.15) is 18.3 Å². The third-order valence-electron chi connectivity index (χ3n) is 6.20. The van der Waals surface area contributed by atoms with Gasteiger partial charge in [0.2, 0.25) is 0 Å². The van der Waals surface area contributed by atoms with E-state index in [2.05, 4.69) is 10.3 Å². The second-order valence-electron chi connectivity index (χ2n) is 9.01. The Bertz CT molecular complexity index is 1220. The first-order valence-corrected chi connectivity index (χ1v) is 12.6. The van der Waals surface area contributed by atoms with Gasteiger partial charge in [-0.05, 0) is 18.1 Å². The molecule has 0 aliphatic carbocycles. The number of carbonyl (C=O) groups excluding carboxylic acids is 2. The fraction of sp³-hybridized carbons (Fsp3) is 0.345. The molecule has 1 aliphatic rings. The molecule has 39 heavy (non-hydrogen) atoms. The molecule has 10 nitrogen and oxygen atoms in total. The summed E-state index contributed by atoms with van der Waals surface area (Å²) < 4.78 is 29.0. The van der Waals surface area contributed by atoms with Crippen molar-refractivity contribution in [3.8, 4) is 11.5 Å². The van der Waals surface area contributed by atoms with Crippen molar-refractivity contribution < 1.29 is 38.4 Å². The minimum absolute atomic E-state index is 0.0777. The average molecular weight is 537 g/mol. The highest BCUT2D eigenvalue weighted by Crippen LogP contribution is 2.27. The summed E-state index contributed by atoms with van der Waals surface area (Å²) in [6, 6.07) is 19.6. The average Bonchev–Trinajstić information content (AvgIpc) is 3.00. The lowest BCUT2D eigenvalue weighted by Crippen LogP contribution is -2.47. The van der Waals surface area contributed by atoms with E-state index in [0.717, 1.165) is 11.1 Å². The molecule has 0 spiro atoms. The number of benzene rings is 2. The number of methoxy groups -OCH3 is 1. The van der Waals surface area contributed by atoms with Crippen LogP contribution in [-0.2, 0) is 37.0 Å². The van der Waals surface area contributed by atoms with Gasteiger partial charge in [-0.3, -0.25) is 4.79 Å². The largest absolute Gasteiger partial charge is 0.503 e. The molecule has 10 heteroatoms. The summed E-state index contributed by atoms with van der Waals surface area (Å²) in [5.74, 6) is -1.85. The van der Waals surface area contributed by atoms with Crippen LogP contribution in [0.15, 0.2) is 72.9 Å². The van der Waals surface area contributed by atoms with Crippen LogP contribution in [-0.4, -0.2) is 66.6 Å². The van der Waals surface area contributed by atoms with Crippen LogP contribution in [0.4, 0.5) is 0 Å². The van der Waals surface area contributed by atoms with E-state index in [-0.39, 0.29) is 31.3 Å². The molecule has 2 N–H and O–H groups in total. The van der Waals surface area contributed by atoms with Crippen molar-refractivity contribution in [3.05, 3.63) is 89.7 Å². The minimum atomic E-state index is -1.16. The summed E-state index contributed by atoms with van der Waals surface area (Å²) in [4.78, 5) is 29.9. The topological polar surface area (TPSA) is 125 Å². The molecule has 1 aromatic heterocycles. The number of amides is 1. The molecule has 1 aliphatic heterocycles. The van der Waals surface area contributed by atoms with E-state index in [1.165, 1.54) is 19.4 Å². The number of nitrogens with zero attached hydrogens (tertiary/aromatic N) is 1. The number of cyclic esters (lactones) is 1. The highest BCUT2D eigenvalue weighted by Gasteiger charge is 2.36. The van der Waals surface area contributed by atoms with E-state index in [9.17, 15) is 14.7 Å². The Labute approximate surface area is 226 Å². The molecule has 2 aromatic carbocycles. The van der Waals surface area contributed by atoms with Crippen molar-refractivity contribution in [2.75, 3.05) is 20.3 Å². The smallest absolute Gasteiger partial charge is 0.331 e. The quantitative estimate of drug-likeness (QED) is 0.397. The van der Waals surface area contributed by atoms with E-state index in [1.54, 1.807) is 6.92 Å². The first kappa shape index (κ1) is 28.0. The second kappa shape index (κ2) is 13.7. The Morgan fingerprint density at radius 2 is 1.64 bits per heavy atom. The predicted octanol–water partition coefficient (Wildman–Crippen LogP) is 3.03. The lowest BCUT2D eigenvalue weighted by Gasteiger charge is -2.30. The summed E-state index contributed by atoms with van der Waals surface area (Å²) in [5, 5.41) is 12.8. The van der Waals surface area contributed by atoms with Gasteiger partial charge in [-0.25, -0.2) is 9.78 Å². The summed E-state index contributed by atoms with van der Waals surface area (Å²) in [6.45, 7) is 2.20. The maximum absolute atomic E-state index is 13.1. The number of pyridine rings is 1. The van der Waals surface area contributed by atoms with Gasteiger partial charge in [0.05, 0.1) is 33.5 Å². The number of rotatable bonds is 9. The molecule has 0 unspecified atom stereocenters. The van der Waals surface area contributed by atoms with E-state index in [4.69, 9.17) is 23.7 Å². The van der Waals surface area contributed by atoms with Crippen LogP contribution in [0, 0.1) is 0 Å². The minimum Gasteiger partial charge on any atom is -0.503 e. The van der Waals surface area contributed by atoms with Crippen molar-refractivity contribution >= 4 is 11.9 Å². The summed E-state index contributed by atoms with van der Waals surface area (Å²) in [6.07, 6.45) is -0.644. The Morgan fingerprint density at radius 3 is 2.28 bits per heavy atom. The number of ether oxygens (including phenoxy) is 5. The zero-order valence-corrected chi connectivity index (χ0v) is 21.8. The third kappa shape index (κ3) is 7.53. The molecular weight excluding hydrogens is 504 g/mol. The predicted molar refractivity (Wildman–Crippen MR) is 140 cm³/mol. The van der Waals surface area contributed by atoms with E-state index < -0.39 is 42.0 Å². The van der Waals surface area contributed by atoms with Crippen molar-refractivity contribution in [1.82, 2.24) is 10.3 Å². The summed E-state index contributed by atoms with van der Waals surface area (Å²) in [7, 11) is 1.36. The molecule has 1 amide bonds. The number of hydrogen-bond acceptors (Lipinski definition) is 9. The monoisotopic (exact) mass is 536 g/mol. The Balaban J connectivity index is 1.49. The number of esters is 1. The fourth-order valence-electron chi connectivity index (χ4n) is 4.12. The Hall–Kier alpha value is -3.99. The van der Waals surface area contributed by atoms with Gasteiger partial charge in [0, 0.05) is 12.3 Å². The maximum Gasteiger partial charge on any atom is 0.331 e. The number of hydrogen-bond donors (Lipinski definition) is 2. The van der Waals surface area contributed by atoms with Crippen molar-refractivity contribution in [2.45, 2.75) is 44.5 Å². The van der Waals surface area contributed by atoms with Crippen LogP contribution < -0.4 is 10.1 Å². The van der Waals surface area contributed by atoms with Gasteiger partial charge in [0.25, 0.3) is 5.91 Å². The molecule has 206 valence electrons. The standard InChI is InChI=1S/C29H32N2O8/c1-19-27(38-16-21-11-7-4-8-12-21)24(37-15-20-9-5-3-6-10-20)18-36-17-22(29(34)39-19)31-28(33)25-26(32)23(35-2)13-14-30-25/h3-14,19,22,24,27,32H,15-18H2,1-2H3,(H,31,33)/t19-,22+,24+,27+/m0/s1. The van der Waals surface area contributed by atoms with Gasteiger partial charge in [-0.1, -0.05) is 60.7 Å². The molecule has 0 bridgehead atoms. The number of nitrogens with one attached hydrogen (secondary N) is 1. The van der Waals surface area contributed by atoms with Crippen LogP contribution in [0.2, 0.25) is 0 Å². The van der Waals surface area contributed by atoms with Gasteiger partial charge in [-0.2, -0.15) is 0 Å². The van der Waals surface area contributed by atoms with Crippen LogP contribution in [0.3, 0.4) is 0 Å². The highest BCUT2D eigenvalue weighted by atomic mass is 16.6. The van der Waals surface area contributed by atoms with Crippen molar-refractivity contribution in [3.63, 3.8) is 0 Å². The zero-order valence-electron chi connectivity index (χ0n) is 21.8. The third-order valence-corrected chi connectivity index (χ3v) is 6.20. The number of aromatic hydroxyl groups is 1. The first-order chi connectivity index (χ1) is 19.0. The molecule has 1 saturated heterocycles. The molecule has 3 aromatic rings. The lowest BCUT2D eigenvalue weighted by atomic mass is 10.1. The van der Waals surface area contributed by atoms with Crippen molar-refractivity contribution in [2.24, 2.45) is 0 Å². The van der Waals surface area contributed by atoms with Gasteiger partial charge < -0.3 is 34.1 Å². The summed E-state index contributed by atoms with van der Waals surface area (Å²) in [5.41, 5.74) is 1.64. The second-order valence-corrected chi connectivity index (χ2v) is 9.01. The Morgan fingerprint density at radius 1 is 1.00 bits per heavy atom. The molecule has 4 rings (SSSR count). The van der Waals surface area contributed by atoms with Crippen LogP contribution in [0.25, 0.3) is 0 Å². The van der Waals surface area contributed by atoms with Crippen LogP contribution in [0.1, 0.15) is 28.5 Å². The normalized spacial score (nSPS) is 21.6. The molecule has 1 fully saturated rings. The summed E-state index contributed by atoms with van der Waals surface area (Å²) >= 11 is 0. The van der Waals surface area contributed by atoms with Gasteiger partial charge in [-0.15, -0.1) is 0 Å². The van der Waals surface area contributed by atoms with E-state index in [1.807, 2.05) is 60.7 Å². The van der Waals surface area contributed by atoms with Crippen LogP contribution >= 0.6 is 0 Å². The molecule has 2 heterocycles. The van der Waals surface area contributed by atoms with Crippen LogP contribution in [0.5, 0.6) is 11.5 Å². The SMILES string of the molecule is COc1ccnc(C(=O)N[C@@H]2COC[C@@H](OCc3ccccc3)[C@H](OCc3ccccc3)[C@H](C)OC2=O)c1O. The highest BCUT2D eigenvalue weighted by molar-refractivity contribution is 5.98. The van der Waals surface area contributed by atoms with Gasteiger partial charge >= 0.3 is 5.97 Å². The van der Waals surface area contributed by atoms with E-state index in [0.29, 0.717) is 6.61 Å². The molecule has 4 atom stereocenters. The molecule has 0 radical (unpaired) electrons. The Kier molecular flexibility index (Phi) is 9.85. The van der Waals surface area contributed by atoms with Crippen molar-refractivity contribution in [1.29, 1.82) is 0 Å². The molecule has 0 saturated carbocycles. The van der Waals surface area contributed by atoms with E-state index >= 15 is 0 Å². The fourth-order valence-corrected chi connectivity index (χ4v) is 4.12. The molecular formula is C29H32N2O8. The number of carbonyl (C=O) groups is 2. The first-order valence-electron chi connectivity index (χ1n) is 12.6. The number of aromatic nitrogens is 1. The van der Waals surface area contributed by atoms with Gasteiger partial charge in [0.15, 0.2) is 23.2 Å². The zero-order chi connectivity index (χ0) is 27.6. The maximum atomic E-state index is 13.1.